The molecule has 1 unspecified atom stereocenters. The maximum absolute atomic E-state index is 10.8. The van der Waals surface area contributed by atoms with E-state index in [9.17, 15) is 4.79 Å². The van der Waals surface area contributed by atoms with E-state index in [1.807, 2.05) is 19.1 Å². The smallest absolute Gasteiger partial charge is 0.219 e. The Bertz CT molecular complexity index is 555. The second kappa shape index (κ2) is 4.89. The molecule has 0 fully saturated rings. The van der Waals surface area contributed by atoms with Gasteiger partial charge in [0.05, 0.1) is 10.2 Å². The number of amides is 1. The van der Waals surface area contributed by atoms with Crippen molar-refractivity contribution >= 4 is 44.2 Å². The molecular formula is C11H12ClN3OS. The molecule has 0 aliphatic rings. The number of nitrogens with two attached hydrogens (primary N) is 1. The molecule has 1 aromatic carbocycles. The minimum Gasteiger partial charge on any atom is -0.370 e. The summed E-state index contributed by atoms with van der Waals surface area (Å²) in [4.78, 5) is 15.2. The first-order valence-corrected chi connectivity index (χ1v) is 6.35. The fourth-order valence-corrected chi connectivity index (χ4v) is 2.78. The number of primary amides is 1. The number of nitrogens with one attached hydrogen (secondary N) is 1. The highest BCUT2D eigenvalue weighted by atomic mass is 35.5. The third-order valence-electron chi connectivity index (χ3n) is 2.23. The third kappa shape index (κ3) is 3.08. The summed E-state index contributed by atoms with van der Waals surface area (Å²) in [5, 5.41) is 4.61. The van der Waals surface area contributed by atoms with Crippen LogP contribution in [0.25, 0.3) is 10.2 Å². The average molecular weight is 270 g/mol. The minimum absolute atomic E-state index is 0.0245. The van der Waals surface area contributed by atoms with Crippen molar-refractivity contribution in [2.24, 2.45) is 5.73 Å². The molecule has 0 radical (unpaired) electrons. The van der Waals surface area contributed by atoms with Gasteiger partial charge in [0, 0.05) is 17.5 Å². The van der Waals surface area contributed by atoms with E-state index >= 15 is 0 Å². The van der Waals surface area contributed by atoms with E-state index < -0.39 is 0 Å². The molecular weight excluding hydrogens is 258 g/mol. The van der Waals surface area contributed by atoms with E-state index in [0.29, 0.717) is 5.02 Å². The summed E-state index contributed by atoms with van der Waals surface area (Å²) in [5.41, 5.74) is 6.03. The molecule has 0 bridgehead atoms. The normalized spacial score (nSPS) is 12.6. The summed E-state index contributed by atoms with van der Waals surface area (Å²) in [6.07, 6.45) is 0.288. The van der Waals surface area contributed by atoms with Gasteiger partial charge in [-0.2, -0.15) is 0 Å². The van der Waals surface area contributed by atoms with Crippen LogP contribution in [-0.4, -0.2) is 16.9 Å². The first-order chi connectivity index (χ1) is 8.04. The quantitative estimate of drug-likeness (QED) is 0.897. The van der Waals surface area contributed by atoms with Crippen molar-refractivity contribution in [3.05, 3.63) is 23.2 Å². The van der Waals surface area contributed by atoms with Crippen molar-refractivity contribution in [1.82, 2.24) is 4.98 Å². The molecule has 0 saturated heterocycles. The summed E-state index contributed by atoms with van der Waals surface area (Å²) >= 11 is 7.41. The van der Waals surface area contributed by atoms with E-state index in [4.69, 9.17) is 17.3 Å². The molecule has 1 aromatic heterocycles. The number of rotatable bonds is 4. The lowest BCUT2D eigenvalue weighted by atomic mass is 10.2. The maximum atomic E-state index is 10.8. The number of carbonyl (C=O) groups is 1. The van der Waals surface area contributed by atoms with E-state index in [1.54, 1.807) is 6.07 Å². The Hall–Kier alpha value is -1.33. The van der Waals surface area contributed by atoms with Gasteiger partial charge >= 0.3 is 0 Å². The van der Waals surface area contributed by atoms with Crippen molar-refractivity contribution in [2.45, 2.75) is 19.4 Å². The Morgan fingerprint density at radius 3 is 3.12 bits per heavy atom. The van der Waals surface area contributed by atoms with Gasteiger partial charge in [-0.3, -0.25) is 4.79 Å². The van der Waals surface area contributed by atoms with E-state index in [-0.39, 0.29) is 18.4 Å². The number of hydrogen-bond donors (Lipinski definition) is 2. The molecule has 1 atom stereocenters. The highest BCUT2D eigenvalue weighted by Gasteiger charge is 2.09. The Labute approximate surface area is 108 Å². The highest BCUT2D eigenvalue weighted by Crippen LogP contribution is 2.28. The van der Waals surface area contributed by atoms with Crippen LogP contribution in [0.5, 0.6) is 0 Å². The zero-order chi connectivity index (χ0) is 12.4. The number of nitrogens with zero attached hydrogens (tertiary/aromatic N) is 1. The first-order valence-electron chi connectivity index (χ1n) is 5.15. The predicted molar refractivity (Wildman–Crippen MR) is 71.5 cm³/mol. The Balaban J connectivity index is 2.16. The lowest BCUT2D eigenvalue weighted by Crippen LogP contribution is -2.23. The van der Waals surface area contributed by atoms with Gasteiger partial charge < -0.3 is 11.1 Å². The maximum Gasteiger partial charge on any atom is 0.219 e. The second-order valence-corrected chi connectivity index (χ2v) is 5.31. The van der Waals surface area contributed by atoms with Crippen LogP contribution in [0.1, 0.15) is 13.3 Å². The number of fused-ring (bicyclic) bond motifs is 1. The van der Waals surface area contributed by atoms with Crippen LogP contribution >= 0.6 is 22.9 Å². The van der Waals surface area contributed by atoms with Crippen molar-refractivity contribution < 1.29 is 4.79 Å². The fourth-order valence-electron chi connectivity index (χ4n) is 1.52. The van der Waals surface area contributed by atoms with Crippen LogP contribution in [0, 0.1) is 0 Å². The van der Waals surface area contributed by atoms with Crippen molar-refractivity contribution in [1.29, 1.82) is 0 Å². The molecule has 1 heterocycles. The van der Waals surface area contributed by atoms with Gasteiger partial charge in [0.15, 0.2) is 5.13 Å². The molecule has 0 aliphatic heterocycles. The third-order valence-corrected chi connectivity index (χ3v) is 3.41. The summed E-state index contributed by atoms with van der Waals surface area (Å²) in [6.45, 7) is 1.89. The van der Waals surface area contributed by atoms with Crippen LogP contribution in [0.4, 0.5) is 5.13 Å². The van der Waals surface area contributed by atoms with Crippen molar-refractivity contribution in [3.63, 3.8) is 0 Å². The number of hydrogen-bond acceptors (Lipinski definition) is 4. The molecule has 90 valence electrons. The van der Waals surface area contributed by atoms with Crippen LogP contribution in [0.2, 0.25) is 5.02 Å². The molecule has 6 heteroatoms. The van der Waals surface area contributed by atoms with Gasteiger partial charge in [0.25, 0.3) is 0 Å². The number of halogens is 1. The van der Waals surface area contributed by atoms with Gasteiger partial charge in [-0.25, -0.2) is 4.98 Å². The van der Waals surface area contributed by atoms with Gasteiger partial charge in [-0.05, 0) is 25.1 Å². The summed E-state index contributed by atoms with van der Waals surface area (Å²) < 4.78 is 1.02. The number of carbonyl (C=O) groups excluding carboxylic acids is 1. The van der Waals surface area contributed by atoms with Crippen LogP contribution in [0.15, 0.2) is 18.2 Å². The minimum atomic E-state index is -0.325. The molecule has 4 nitrogen and oxygen atoms in total. The largest absolute Gasteiger partial charge is 0.370 e. The second-order valence-electron chi connectivity index (χ2n) is 3.85. The summed E-state index contributed by atoms with van der Waals surface area (Å²) in [7, 11) is 0. The monoisotopic (exact) mass is 269 g/mol. The van der Waals surface area contributed by atoms with Gasteiger partial charge in [-0.15, -0.1) is 0 Å². The molecule has 17 heavy (non-hydrogen) atoms. The average Bonchev–Trinajstić information content (AvgIpc) is 2.57. The molecule has 2 aromatic rings. The van der Waals surface area contributed by atoms with E-state index in [2.05, 4.69) is 10.3 Å². The highest BCUT2D eigenvalue weighted by molar-refractivity contribution is 7.22. The SMILES string of the molecule is CC(CC(N)=O)Nc1nc2ccc(Cl)cc2s1. The van der Waals surface area contributed by atoms with E-state index in [0.717, 1.165) is 15.3 Å². The fraction of sp³-hybridized carbons (Fsp3) is 0.273. The topological polar surface area (TPSA) is 68.0 Å². The predicted octanol–water partition coefficient (Wildman–Crippen LogP) is 2.63. The van der Waals surface area contributed by atoms with Crippen molar-refractivity contribution in [3.8, 4) is 0 Å². The standard InChI is InChI=1S/C11H12ClN3OS/c1-6(4-10(13)16)14-11-15-8-3-2-7(12)5-9(8)17-11/h2-3,5-6H,4H2,1H3,(H2,13,16)(H,14,15). The van der Waals surface area contributed by atoms with Crippen molar-refractivity contribution in [2.75, 3.05) is 5.32 Å². The molecule has 0 aliphatic carbocycles. The Morgan fingerprint density at radius 2 is 2.41 bits per heavy atom. The van der Waals surface area contributed by atoms with Gasteiger partial charge in [-0.1, -0.05) is 22.9 Å². The van der Waals surface area contributed by atoms with E-state index in [1.165, 1.54) is 11.3 Å². The lowest BCUT2D eigenvalue weighted by molar-refractivity contribution is -0.118. The van der Waals surface area contributed by atoms with Crippen LogP contribution in [-0.2, 0) is 4.79 Å². The molecule has 0 spiro atoms. The Kier molecular flexibility index (Phi) is 3.49. The first kappa shape index (κ1) is 12.1. The zero-order valence-electron chi connectivity index (χ0n) is 9.24. The zero-order valence-corrected chi connectivity index (χ0v) is 10.8. The summed E-state index contributed by atoms with van der Waals surface area (Å²) in [6, 6.07) is 5.53. The number of anilines is 1. The van der Waals surface area contributed by atoms with Crippen LogP contribution in [0.3, 0.4) is 0 Å². The Morgan fingerprint density at radius 1 is 1.65 bits per heavy atom. The van der Waals surface area contributed by atoms with Crippen LogP contribution < -0.4 is 11.1 Å². The lowest BCUT2D eigenvalue weighted by Gasteiger charge is -2.09. The number of aromatic nitrogens is 1. The molecule has 2 rings (SSSR count). The number of benzene rings is 1. The summed E-state index contributed by atoms with van der Waals surface area (Å²) in [5.74, 6) is -0.325. The molecule has 3 N–H and O–H groups in total. The number of thiazole rings is 1. The molecule has 0 saturated carbocycles. The van der Waals surface area contributed by atoms with Gasteiger partial charge in [0.1, 0.15) is 0 Å². The van der Waals surface area contributed by atoms with Gasteiger partial charge in [0.2, 0.25) is 5.91 Å². The molecule has 1 amide bonds.